The average molecular weight is 332 g/mol. The lowest BCUT2D eigenvalue weighted by atomic mass is 10.0. The number of carbonyl (C=O) groups excluding carboxylic acids is 1. The van der Waals surface area contributed by atoms with Crippen molar-refractivity contribution >= 4 is 17.5 Å². The Labute approximate surface area is 142 Å². The molecule has 0 heterocycles. The van der Waals surface area contributed by atoms with E-state index in [-0.39, 0.29) is 12.5 Å². The van der Waals surface area contributed by atoms with Gasteiger partial charge in [-0.1, -0.05) is 49.7 Å². The molecule has 0 aliphatic carbocycles. The lowest BCUT2D eigenvalue weighted by Crippen LogP contribution is -2.30. The molecule has 0 atom stereocenters. The quantitative estimate of drug-likeness (QED) is 0.825. The van der Waals surface area contributed by atoms with Gasteiger partial charge in [0.05, 0.1) is 0 Å². The first kappa shape index (κ1) is 17.4. The number of hydrogen-bond donors (Lipinski definition) is 1. The van der Waals surface area contributed by atoms with Crippen molar-refractivity contribution in [2.45, 2.75) is 26.2 Å². The molecule has 3 nitrogen and oxygen atoms in total. The normalized spacial score (nSPS) is 10.6. The highest BCUT2D eigenvalue weighted by atomic mass is 35.5. The van der Waals surface area contributed by atoms with E-state index in [0.29, 0.717) is 23.2 Å². The van der Waals surface area contributed by atoms with Crippen LogP contribution in [0.1, 0.15) is 30.9 Å². The number of carbonyl (C=O) groups is 1. The van der Waals surface area contributed by atoms with Crippen LogP contribution in [0, 0.1) is 0 Å². The molecule has 0 saturated heterocycles. The summed E-state index contributed by atoms with van der Waals surface area (Å²) in [6.07, 6.45) is 0.745. The van der Waals surface area contributed by atoms with E-state index >= 15 is 0 Å². The second-order valence-electron chi connectivity index (χ2n) is 5.74. The Balaban J connectivity index is 1.70. The molecule has 0 aliphatic rings. The number of amides is 1. The molecule has 4 heteroatoms. The summed E-state index contributed by atoms with van der Waals surface area (Å²) in [4.78, 5) is 11.8. The second-order valence-corrected chi connectivity index (χ2v) is 6.18. The molecule has 0 aromatic heterocycles. The average Bonchev–Trinajstić information content (AvgIpc) is 2.53. The van der Waals surface area contributed by atoms with Crippen molar-refractivity contribution in [2.24, 2.45) is 0 Å². The molecule has 0 fully saturated rings. The van der Waals surface area contributed by atoms with Gasteiger partial charge in [0.25, 0.3) is 5.91 Å². The van der Waals surface area contributed by atoms with Gasteiger partial charge in [0, 0.05) is 11.6 Å². The summed E-state index contributed by atoms with van der Waals surface area (Å²) in [5, 5.41) is 3.55. The number of rotatable bonds is 7. The summed E-state index contributed by atoms with van der Waals surface area (Å²) in [5.74, 6) is 1.07. The highest BCUT2D eigenvalue weighted by Crippen LogP contribution is 2.18. The Morgan fingerprint density at radius 2 is 1.91 bits per heavy atom. The first-order valence-corrected chi connectivity index (χ1v) is 8.16. The Kier molecular flexibility index (Phi) is 6.48. The van der Waals surface area contributed by atoms with Crippen molar-refractivity contribution in [3.8, 4) is 5.75 Å². The minimum absolute atomic E-state index is 0.0244. The Bertz CT molecular complexity index is 638. The highest BCUT2D eigenvalue weighted by Gasteiger charge is 2.04. The molecule has 0 radical (unpaired) electrons. The third kappa shape index (κ3) is 5.95. The van der Waals surface area contributed by atoms with Crippen LogP contribution in [0.25, 0.3) is 0 Å². The second kappa shape index (κ2) is 8.59. The van der Waals surface area contributed by atoms with Crippen molar-refractivity contribution in [1.82, 2.24) is 5.32 Å². The van der Waals surface area contributed by atoms with Crippen LogP contribution in [0.5, 0.6) is 5.75 Å². The molecule has 2 aromatic carbocycles. The lowest BCUT2D eigenvalue weighted by molar-refractivity contribution is -0.123. The van der Waals surface area contributed by atoms with Crippen LogP contribution < -0.4 is 10.1 Å². The Morgan fingerprint density at radius 3 is 2.57 bits per heavy atom. The summed E-state index contributed by atoms with van der Waals surface area (Å²) in [6, 6.07) is 15.5. The molecule has 0 spiro atoms. The molecule has 0 saturated carbocycles. The van der Waals surface area contributed by atoms with E-state index in [0.717, 1.165) is 12.0 Å². The zero-order chi connectivity index (χ0) is 16.7. The SMILES string of the molecule is CC(C)c1ccc(OCC(=O)NCCc2cccc(Cl)c2)cc1. The summed E-state index contributed by atoms with van der Waals surface area (Å²) >= 11 is 5.93. The number of halogens is 1. The van der Waals surface area contributed by atoms with Gasteiger partial charge in [0.1, 0.15) is 5.75 Å². The molecule has 2 rings (SSSR count). The minimum Gasteiger partial charge on any atom is -0.484 e. The first-order valence-electron chi connectivity index (χ1n) is 7.78. The van der Waals surface area contributed by atoms with Gasteiger partial charge in [-0.25, -0.2) is 0 Å². The zero-order valence-corrected chi connectivity index (χ0v) is 14.3. The molecule has 2 aromatic rings. The number of nitrogens with one attached hydrogen (secondary N) is 1. The van der Waals surface area contributed by atoms with Crippen LogP contribution in [0.4, 0.5) is 0 Å². The first-order chi connectivity index (χ1) is 11.0. The van der Waals surface area contributed by atoms with E-state index in [9.17, 15) is 4.79 Å². The fourth-order valence-corrected chi connectivity index (χ4v) is 2.40. The standard InChI is InChI=1S/C19H22ClNO2/c1-14(2)16-6-8-18(9-7-16)23-13-19(22)21-11-10-15-4-3-5-17(20)12-15/h3-9,12,14H,10-11,13H2,1-2H3,(H,21,22). The molecule has 1 amide bonds. The lowest BCUT2D eigenvalue weighted by Gasteiger charge is -2.09. The van der Waals surface area contributed by atoms with Crippen molar-refractivity contribution < 1.29 is 9.53 Å². The maximum atomic E-state index is 11.8. The summed E-state index contributed by atoms with van der Waals surface area (Å²) in [7, 11) is 0. The molecule has 122 valence electrons. The van der Waals surface area contributed by atoms with Gasteiger partial charge in [0.15, 0.2) is 6.61 Å². The van der Waals surface area contributed by atoms with Crippen molar-refractivity contribution in [2.75, 3.05) is 13.2 Å². The van der Waals surface area contributed by atoms with Gasteiger partial charge >= 0.3 is 0 Å². The van der Waals surface area contributed by atoms with E-state index < -0.39 is 0 Å². The fourth-order valence-electron chi connectivity index (χ4n) is 2.19. The Morgan fingerprint density at radius 1 is 1.17 bits per heavy atom. The summed E-state index contributed by atoms with van der Waals surface area (Å²) < 4.78 is 5.49. The highest BCUT2D eigenvalue weighted by molar-refractivity contribution is 6.30. The molecule has 1 N–H and O–H groups in total. The van der Waals surface area contributed by atoms with Crippen LogP contribution >= 0.6 is 11.6 Å². The number of benzene rings is 2. The van der Waals surface area contributed by atoms with Crippen molar-refractivity contribution in [1.29, 1.82) is 0 Å². The van der Waals surface area contributed by atoms with Crippen LogP contribution in [0.2, 0.25) is 5.02 Å². The van der Waals surface area contributed by atoms with Gasteiger partial charge in [-0.2, -0.15) is 0 Å². The predicted octanol–water partition coefficient (Wildman–Crippen LogP) is 4.20. The van der Waals surface area contributed by atoms with Gasteiger partial charge < -0.3 is 10.1 Å². The molecule has 23 heavy (non-hydrogen) atoms. The van der Waals surface area contributed by atoms with Gasteiger partial charge in [0.2, 0.25) is 0 Å². The fraction of sp³-hybridized carbons (Fsp3) is 0.316. The third-order valence-electron chi connectivity index (χ3n) is 3.54. The van der Waals surface area contributed by atoms with Gasteiger partial charge in [-0.05, 0) is 47.7 Å². The zero-order valence-electron chi connectivity index (χ0n) is 13.5. The van der Waals surface area contributed by atoms with E-state index in [2.05, 4.69) is 19.2 Å². The van der Waals surface area contributed by atoms with E-state index in [1.807, 2.05) is 48.5 Å². The van der Waals surface area contributed by atoms with E-state index in [4.69, 9.17) is 16.3 Å². The van der Waals surface area contributed by atoms with E-state index in [1.165, 1.54) is 5.56 Å². The number of ether oxygens (including phenoxy) is 1. The Hall–Kier alpha value is -2.00. The van der Waals surface area contributed by atoms with Gasteiger partial charge in [-0.15, -0.1) is 0 Å². The maximum absolute atomic E-state index is 11.8. The van der Waals surface area contributed by atoms with Crippen LogP contribution in [-0.4, -0.2) is 19.1 Å². The molecule has 0 aliphatic heterocycles. The minimum atomic E-state index is -0.125. The molecule has 0 unspecified atom stereocenters. The predicted molar refractivity (Wildman–Crippen MR) is 94.2 cm³/mol. The van der Waals surface area contributed by atoms with Crippen LogP contribution in [-0.2, 0) is 11.2 Å². The largest absolute Gasteiger partial charge is 0.484 e. The van der Waals surface area contributed by atoms with Crippen molar-refractivity contribution in [3.63, 3.8) is 0 Å². The van der Waals surface area contributed by atoms with Gasteiger partial charge in [-0.3, -0.25) is 4.79 Å². The topological polar surface area (TPSA) is 38.3 Å². The maximum Gasteiger partial charge on any atom is 0.257 e. The monoisotopic (exact) mass is 331 g/mol. The molecular formula is C19H22ClNO2. The van der Waals surface area contributed by atoms with E-state index in [1.54, 1.807) is 0 Å². The van der Waals surface area contributed by atoms with Crippen LogP contribution in [0.15, 0.2) is 48.5 Å². The molecule has 0 bridgehead atoms. The smallest absolute Gasteiger partial charge is 0.257 e. The van der Waals surface area contributed by atoms with Crippen molar-refractivity contribution in [3.05, 3.63) is 64.7 Å². The summed E-state index contributed by atoms with van der Waals surface area (Å²) in [5.41, 5.74) is 2.35. The van der Waals surface area contributed by atoms with Crippen LogP contribution in [0.3, 0.4) is 0 Å². The molecular weight excluding hydrogens is 310 g/mol. The third-order valence-corrected chi connectivity index (χ3v) is 3.78. The summed E-state index contributed by atoms with van der Waals surface area (Å²) in [6.45, 7) is 4.87. The number of hydrogen-bond acceptors (Lipinski definition) is 2.